The van der Waals surface area contributed by atoms with Crippen molar-refractivity contribution < 1.29 is 23.7 Å². The number of cyclic esters (lactones) is 1. The van der Waals surface area contributed by atoms with E-state index >= 15 is 0 Å². The van der Waals surface area contributed by atoms with Crippen LogP contribution < -0.4 is 0 Å². The van der Waals surface area contributed by atoms with Crippen LogP contribution in [0.15, 0.2) is 73.3 Å². The normalized spacial score (nSPS) is 17.8. The number of non-ortho nitro benzene ring substituents is 1. The summed E-state index contributed by atoms with van der Waals surface area (Å²) in [5.74, 6) is -1.28. The van der Waals surface area contributed by atoms with Crippen molar-refractivity contribution in [2.75, 3.05) is 6.61 Å². The highest BCUT2D eigenvalue weighted by Crippen LogP contribution is 2.39. The monoisotopic (exact) mass is 536 g/mol. The van der Waals surface area contributed by atoms with E-state index in [1.165, 1.54) is 23.1 Å². The van der Waals surface area contributed by atoms with E-state index in [1.54, 1.807) is 24.3 Å². The van der Waals surface area contributed by atoms with Crippen LogP contribution in [0.2, 0.25) is 18.1 Å². The van der Waals surface area contributed by atoms with Crippen molar-refractivity contribution in [2.24, 2.45) is 5.92 Å². The molecule has 1 aliphatic heterocycles. The predicted molar refractivity (Wildman–Crippen MR) is 150 cm³/mol. The lowest BCUT2D eigenvalue weighted by molar-refractivity contribution is -0.384. The molecule has 0 saturated carbocycles. The molecule has 8 nitrogen and oxygen atoms in total. The van der Waals surface area contributed by atoms with E-state index in [0.29, 0.717) is 6.42 Å². The van der Waals surface area contributed by atoms with Gasteiger partial charge in [-0.25, -0.2) is 9.69 Å². The first-order chi connectivity index (χ1) is 17.8. The fourth-order valence-corrected chi connectivity index (χ4v) is 5.22. The van der Waals surface area contributed by atoms with E-state index in [4.69, 9.17) is 9.16 Å². The van der Waals surface area contributed by atoms with Gasteiger partial charge in [0, 0.05) is 12.1 Å². The number of nitro benzene ring substituents is 1. The number of hydrogen-bond donors (Lipinski definition) is 0. The Bertz CT molecular complexity index is 1190. The molecule has 2 aromatic carbocycles. The summed E-state index contributed by atoms with van der Waals surface area (Å²) in [5.41, 5.74) is 1.71. The quantitative estimate of drug-likeness (QED) is 0.151. The fourth-order valence-electron chi connectivity index (χ4n) is 3.97. The number of benzene rings is 2. The minimum atomic E-state index is -2.36. The van der Waals surface area contributed by atoms with Crippen molar-refractivity contribution in [1.29, 1.82) is 0 Å². The average Bonchev–Trinajstić information content (AvgIpc) is 3.22. The van der Waals surface area contributed by atoms with Gasteiger partial charge in [-0.3, -0.25) is 14.9 Å². The molecule has 0 radical (unpaired) electrons. The smallest absolute Gasteiger partial charge is 0.417 e. The molecule has 0 N–H and O–H groups in total. The SMILES string of the molecule is C=C[C@H](C(=O)N1C(=O)OC[C@@H]1Cc1ccccc1)[C@@H](/C=C/c1ccc([N+](=O)[O-])cc1)O[Si](C)(C)C(C)(C)C. The average molecular weight is 537 g/mol. The molecule has 3 rings (SSSR count). The van der Waals surface area contributed by atoms with Gasteiger partial charge in [-0.15, -0.1) is 6.58 Å². The van der Waals surface area contributed by atoms with Crippen molar-refractivity contribution in [3.63, 3.8) is 0 Å². The van der Waals surface area contributed by atoms with Crippen LogP contribution in [0.1, 0.15) is 31.9 Å². The third-order valence-corrected chi connectivity index (χ3v) is 11.7. The molecule has 1 saturated heterocycles. The minimum Gasteiger partial charge on any atom is -0.447 e. The van der Waals surface area contributed by atoms with Crippen molar-refractivity contribution in [1.82, 2.24) is 4.90 Å². The second kappa shape index (κ2) is 11.9. The molecular weight excluding hydrogens is 500 g/mol. The van der Waals surface area contributed by atoms with Crippen LogP contribution in [0.4, 0.5) is 10.5 Å². The largest absolute Gasteiger partial charge is 0.447 e. The first-order valence-electron chi connectivity index (χ1n) is 12.6. The molecule has 2 amide bonds. The second-order valence-corrected chi connectivity index (χ2v) is 15.7. The van der Waals surface area contributed by atoms with Crippen LogP contribution in [-0.4, -0.2) is 48.9 Å². The number of nitrogens with zero attached hydrogens (tertiary/aromatic N) is 2. The van der Waals surface area contributed by atoms with Crippen LogP contribution in [0.3, 0.4) is 0 Å². The first kappa shape index (κ1) is 29.0. The number of carbonyl (C=O) groups excluding carboxylic acids is 2. The lowest BCUT2D eigenvalue weighted by atomic mass is 9.98. The van der Waals surface area contributed by atoms with E-state index in [9.17, 15) is 19.7 Å². The van der Waals surface area contributed by atoms with Gasteiger partial charge < -0.3 is 9.16 Å². The summed E-state index contributed by atoms with van der Waals surface area (Å²) in [6.45, 7) is 14.5. The Morgan fingerprint density at radius 3 is 2.39 bits per heavy atom. The molecular formula is C29H36N2O6Si. The van der Waals surface area contributed by atoms with Crippen molar-refractivity contribution in [3.05, 3.63) is 94.6 Å². The van der Waals surface area contributed by atoms with Crippen LogP contribution in [-0.2, 0) is 20.4 Å². The number of carbonyl (C=O) groups is 2. The Balaban J connectivity index is 1.93. The van der Waals surface area contributed by atoms with E-state index < -0.39 is 43.3 Å². The Morgan fingerprint density at radius 1 is 1.21 bits per heavy atom. The Hall–Kier alpha value is -3.56. The number of hydrogen-bond acceptors (Lipinski definition) is 6. The number of imide groups is 1. The van der Waals surface area contributed by atoms with E-state index in [1.807, 2.05) is 30.3 Å². The van der Waals surface area contributed by atoms with Crippen LogP contribution >= 0.6 is 0 Å². The summed E-state index contributed by atoms with van der Waals surface area (Å²) in [7, 11) is -2.36. The zero-order valence-corrected chi connectivity index (χ0v) is 23.6. The summed E-state index contributed by atoms with van der Waals surface area (Å²) < 4.78 is 12.0. The van der Waals surface area contributed by atoms with Gasteiger partial charge in [-0.2, -0.15) is 0 Å². The van der Waals surface area contributed by atoms with Crippen molar-refractivity contribution in [3.8, 4) is 0 Å². The minimum absolute atomic E-state index is 0.00706. The third kappa shape index (κ3) is 6.84. The number of amides is 2. The molecule has 0 bridgehead atoms. The lowest BCUT2D eigenvalue weighted by Crippen LogP contribution is -2.50. The van der Waals surface area contributed by atoms with Gasteiger partial charge in [0.05, 0.1) is 23.0 Å². The maximum atomic E-state index is 13.9. The summed E-state index contributed by atoms with van der Waals surface area (Å²) >= 11 is 0. The van der Waals surface area contributed by atoms with Crippen LogP contribution in [0.5, 0.6) is 0 Å². The topological polar surface area (TPSA) is 99.0 Å². The third-order valence-electron chi connectivity index (χ3n) is 7.22. The van der Waals surface area contributed by atoms with Crippen LogP contribution in [0.25, 0.3) is 6.08 Å². The molecule has 2 aromatic rings. The van der Waals surface area contributed by atoms with Gasteiger partial charge >= 0.3 is 6.09 Å². The highest BCUT2D eigenvalue weighted by atomic mass is 28.4. The Morgan fingerprint density at radius 2 is 1.84 bits per heavy atom. The molecule has 0 aromatic heterocycles. The maximum Gasteiger partial charge on any atom is 0.417 e. The summed E-state index contributed by atoms with van der Waals surface area (Å²) in [6.07, 6.45) is 4.17. The molecule has 0 spiro atoms. The fraction of sp³-hybridized carbons (Fsp3) is 0.379. The van der Waals surface area contributed by atoms with Crippen molar-refractivity contribution >= 4 is 32.1 Å². The molecule has 1 fully saturated rings. The number of nitro groups is 1. The zero-order chi connectivity index (χ0) is 28.1. The van der Waals surface area contributed by atoms with Crippen molar-refractivity contribution in [2.45, 2.75) is 57.5 Å². The number of ether oxygens (including phenoxy) is 1. The molecule has 202 valence electrons. The van der Waals surface area contributed by atoms with E-state index in [0.717, 1.165) is 11.1 Å². The summed E-state index contributed by atoms with van der Waals surface area (Å²) in [6, 6.07) is 15.3. The standard InChI is InChI=1S/C29H36N2O6Si/c1-7-25(27(32)30-24(20-36-28(30)33)19-22-11-9-8-10-12-22)26(37-38(5,6)29(2,3)4)18-15-21-13-16-23(17-14-21)31(34)35/h7-18,24-26H,1,19-20H2,2-6H3/b18-15+/t24-,25-,26+/m0/s1. The maximum absolute atomic E-state index is 13.9. The molecule has 9 heteroatoms. The van der Waals surface area contributed by atoms with Gasteiger partial charge in [0.1, 0.15) is 6.61 Å². The van der Waals surface area contributed by atoms with Gasteiger partial charge in [0.25, 0.3) is 5.69 Å². The first-order valence-corrected chi connectivity index (χ1v) is 15.5. The predicted octanol–water partition coefficient (Wildman–Crippen LogP) is 6.39. The highest BCUT2D eigenvalue weighted by molar-refractivity contribution is 6.74. The van der Waals surface area contributed by atoms with Gasteiger partial charge in [-0.05, 0) is 47.8 Å². The molecule has 38 heavy (non-hydrogen) atoms. The highest BCUT2D eigenvalue weighted by Gasteiger charge is 2.45. The molecule has 3 atom stereocenters. The van der Waals surface area contributed by atoms with Gasteiger partial charge in [-0.1, -0.05) is 69.3 Å². The second-order valence-electron chi connectivity index (χ2n) is 10.9. The lowest BCUT2D eigenvalue weighted by Gasteiger charge is -2.40. The zero-order valence-electron chi connectivity index (χ0n) is 22.6. The Labute approximate surface area is 225 Å². The van der Waals surface area contributed by atoms with Gasteiger partial charge in [0.2, 0.25) is 5.91 Å². The molecule has 0 aliphatic carbocycles. The Kier molecular flexibility index (Phi) is 9.06. The van der Waals surface area contributed by atoms with E-state index in [-0.39, 0.29) is 17.3 Å². The van der Waals surface area contributed by atoms with E-state index in [2.05, 4.69) is 40.4 Å². The number of rotatable bonds is 10. The van der Waals surface area contributed by atoms with Gasteiger partial charge in [0.15, 0.2) is 8.32 Å². The van der Waals surface area contributed by atoms with Crippen LogP contribution in [0, 0.1) is 16.0 Å². The molecule has 1 heterocycles. The molecule has 0 unspecified atom stereocenters. The summed E-state index contributed by atoms with van der Waals surface area (Å²) in [5, 5.41) is 10.9. The molecule has 1 aliphatic rings. The summed E-state index contributed by atoms with van der Waals surface area (Å²) in [4.78, 5) is 38.3.